The van der Waals surface area contributed by atoms with Crippen molar-refractivity contribution in [2.24, 2.45) is 0 Å². The van der Waals surface area contributed by atoms with Crippen LogP contribution in [-0.4, -0.2) is 41.6 Å². The largest absolute Gasteiger partial charge is 0.377 e. The van der Waals surface area contributed by atoms with Crippen molar-refractivity contribution < 1.29 is 9.53 Å². The average molecular weight is 337 g/mol. The lowest BCUT2D eigenvalue weighted by atomic mass is 10.2. The van der Waals surface area contributed by atoms with E-state index in [-0.39, 0.29) is 6.03 Å². The zero-order valence-corrected chi connectivity index (χ0v) is 15.2. The molecule has 2 rings (SSSR count). The molecule has 1 N–H and O–H groups in total. The SMILES string of the molecule is CCOCc1ccccc1NC(=O)N(C)C1CCC(SCC)C1. The number of hydrogen-bond acceptors (Lipinski definition) is 3. The summed E-state index contributed by atoms with van der Waals surface area (Å²) in [7, 11) is 1.91. The third-order valence-corrected chi connectivity index (χ3v) is 5.58. The van der Waals surface area contributed by atoms with Gasteiger partial charge in [-0.1, -0.05) is 25.1 Å². The van der Waals surface area contributed by atoms with Gasteiger partial charge in [-0.2, -0.15) is 11.8 Å². The molecule has 0 radical (unpaired) electrons. The maximum Gasteiger partial charge on any atom is 0.321 e. The smallest absolute Gasteiger partial charge is 0.321 e. The van der Waals surface area contributed by atoms with E-state index < -0.39 is 0 Å². The number of nitrogens with one attached hydrogen (secondary N) is 1. The van der Waals surface area contributed by atoms with Crippen LogP contribution in [0.15, 0.2) is 24.3 Å². The summed E-state index contributed by atoms with van der Waals surface area (Å²) in [4.78, 5) is 14.4. The summed E-state index contributed by atoms with van der Waals surface area (Å²) in [6, 6.07) is 8.16. The molecule has 0 spiro atoms. The lowest BCUT2D eigenvalue weighted by Gasteiger charge is -2.25. The number of urea groups is 1. The van der Waals surface area contributed by atoms with Crippen LogP contribution < -0.4 is 5.32 Å². The highest BCUT2D eigenvalue weighted by molar-refractivity contribution is 7.99. The number of benzene rings is 1. The summed E-state index contributed by atoms with van der Waals surface area (Å²) in [6.07, 6.45) is 3.41. The Kier molecular flexibility index (Phi) is 7.24. The van der Waals surface area contributed by atoms with E-state index in [0.29, 0.717) is 24.5 Å². The van der Waals surface area contributed by atoms with E-state index in [0.717, 1.165) is 29.8 Å². The van der Waals surface area contributed by atoms with Crippen LogP contribution in [0.1, 0.15) is 38.7 Å². The first-order chi connectivity index (χ1) is 11.2. The Morgan fingerprint density at radius 3 is 2.87 bits per heavy atom. The minimum absolute atomic E-state index is 0.0268. The number of thioether (sulfide) groups is 1. The summed E-state index contributed by atoms with van der Waals surface area (Å²) in [5.41, 5.74) is 1.86. The van der Waals surface area contributed by atoms with Crippen molar-refractivity contribution in [2.75, 3.05) is 24.7 Å². The Morgan fingerprint density at radius 2 is 2.13 bits per heavy atom. The van der Waals surface area contributed by atoms with Crippen molar-refractivity contribution in [2.45, 2.75) is 51.0 Å². The van der Waals surface area contributed by atoms with E-state index in [9.17, 15) is 4.79 Å². The lowest BCUT2D eigenvalue weighted by molar-refractivity contribution is 0.134. The van der Waals surface area contributed by atoms with Crippen molar-refractivity contribution in [1.82, 2.24) is 4.90 Å². The highest BCUT2D eigenvalue weighted by Gasteiger charge is 2.29. The van der Waals surface area contributed by atoms with E-state index in [1.165, 1.54) is 6.42 Å². The Morgan fingerprint density at radius 1 is 1.35 bits per heavy atom. The second-order valence-corrected chi connectivity index (χ2v) is 7.46. The van der Waals surface area contributed by atoms with Crippen LogP contribution in [0.25, 0.3) is 0 Å². The molecule has 5 heteroatoms. The zero-order valence-electron chi connectivity index (χ0n) is 14.4. The highest BCUT2D eigenvalue weighted by atomic mass is 32.2. The predicted octanol–water partition coefficient (Wildman–Crippen LogP) is 4.36. The van der Waals surface area contributed by atoms with Gasteiger partial charge in [0.25, 0.3) is 0 Å². The molecule has 2 unspecified atom stereocenters. The summed E-state index contributed by atoms with van der Waals surface area (Å²) >= 11 is 2.01. The van der Waals surface area contributed by atoms with Gasteiger partial charge in [0.1, 0.15) is 0 Å². The van der Waals surface area contributed by atoms with Gasteiger partial charge >= 0.3 is 6.03 Å². The Balaban J connectivity index is 1.94. The monoisotopic (exact) mass is 336 g/mol. The molecule has 0 heterocycles. The number of amides is 2. The molecule has 0 aromatic heterocycles. The molecule has 1 fully saturated rings. The average Bonchev–Trinajstić information content (AvgIpc) is 3.02. The first kappa shape index (κ1) is 18.1. The molecule has 2 atom stereocenters. The molecule has 0 aliphatic heterocycles. The first-order valence-electron chi connectivity index (χ1n) is 8.46. The molecule has 1 aliphatic carbocycles. The third-order valence-electron chi connectivity index (χ3n) is 4.35. The van der Waals surface area contributed by atoms with Gasteiger partial charge in [-0.25, -0.2) is 4.79 Å². The Hall–Kier alpha value is -1.20. The van der Waals surface area contributed by atoms with Crippen molar-refractivity contribution in [1.29, 1.82) is 0 Å². The molecular formula is C18H28N2O2S. The van der Waals surface area contributed by atoms with Gasteiger partial charge in [0.15, 0.2) is 0 Å². The van der Waals surface area contributed by atoms with E-state index in [1.54, 1.807) is 0 Å². The Labute approximate surface area is 144 Å². The lowest BCUT2D eigenvalue weighted by Crippen LogP contribution is -2.38. The summed E-state index contributed by atoms with van der Waals surface area (Å²) < 4.78 is 5.48. The van der Waals surface area contributed by atoms with Crippen LogP contribution in [0.3, 0.4) is 0 Å². The van der Waals surface area contributed by atoms with Crippen molar-refractivity contribution >= 4 is 23.5 Å². The topological polar surface area (TPSA) is 41.6 Å². The van der Waals surface area contributed by atoms with Gasteiger partial charge in [0.05, 0.1) is 6.61 Å². The number of anilines is 1. The summed E-state index contributed by atoms with van der Waals surface area (Å²) in [5, 5.41) is 3.74. The Bertz CT molecular complexity index is 510. The molecule has 1 aromatic carbocycles. The predicted molar refractivity (Wildman–Crippen MR) is 98.1 cm³/mol. The fourth-order valence-electron chi connectivity index (χ4n) is 3.01. The number of carbonyl (C=O) groups excluding carboxylic acids is 1. The van der Waals surface area contributed by atoms with Crippen LogP contribution >= 0.6 is 11.8 Å². The van der Waals surface area contributed by atoms with Gasteiger partial charge in [0, 0.05) is 36.2 Å². The first-order valence-corrected chi connectivity index (χ1v) is 9.51. The number of carbonyl (C=O) groups is 1. The van der Waals surface area contributed by atoms with Crippen LogP contribution in [0.5, 0.6) is 0 Å². The second-order valence-electron chi connectivity index (χ2n) is 5.88. The van der Waals surface area contributed by atoms with E-state index >= 15 is 0 Å². The highest BCUT2D eigenvalue weighted by Crippen LogP contribution is 2.32. The summed E-state index contributed by atoms with van der Waals surface area (Å²) in [5.74, 6) is 1.15. The van der Waals surface area contributed by atoms with Gasteiger partial charge < -0.3 is 15.0 Å². The molecule has 4 nitrogen and oxygen atoms in total. The molecule has 0 bridgehead atoms. The molecule has 2 amide bonds. The number of nitrogens with zero attached hydrogens (tertiary/aromatic N) is 1. The van der Waals surface area contributed by atoms with E-state index in [4.69, 9.17) is 4.74 Å². The standard InChI is InChI=1S/C18H28N2O2S/c1-4-22-13-14-8-6-7-9-17(14)19-18(21)20(3)15-10-11-16(12-15)23-5-2/h6-9,15-16H,4-5,10-13H2,1-3H3,(H,19,21). The van der Waals surface area contributed by atoms with Crippen molar-refractivity contribution in [3.05, 3.63) is 29.8 Å². The zero-order chi connectivity index (χ0) is 16.7. The number of hydrogen-bond donors (Lipinski definition) is 1. The normalized spacial score (nSPS) is 20.5. The third kappa shape index (κ3) is 5.15. The van der Waals surface area contributed by atoms with Crippen LogP contribution in [0, 0.1) is 0 Å². The fourth-order valence-corrected chi connectivity index (χ4v) is 4.14. The van der Waals surface area contributed by atoms with E-state index in [1.807, 2.05) is 54.9 Å². The van der Waals surface area contributed by atoms with Gasteiger partial charge in [-0.15, -0.1) is 0 Å². The molecule has 1 aliphatic rings. The molecule has 128 valence electrons. The van der Waals surface area contributed by atoms with E-state index in [2.05, 4.69) is 12.2 Å². The number of rotatable bonds is 7. The van der Waals surface area contributed by atoms with Crippen molar-refractivity contribution in [3.63, 3.8) is 0 Å². The van der Waals surface area contributed by atoms with Gasteiger partial charge in [-0.3, -0.25) is 0 Å². The molecule has 0 saturated heterocycles. The summed E-state index contributed by atoms with van der Waals surface area (Å²) in [6.45, 7) is 5.36. The van der Waals surface area contributed by atoms with Crippen LogP contribution in [0.2, 0.25) is 0 Å². The minimum Gasteiger partial charge on any atom is -0.377 e. The minimum atomic E-state index is -0.0268. The van der Waals surface area contributed by atoms with Crippen LogP contribution in [-0.2, 0) is 11.3 Å². The second kappa shape index (κ2) is 9.18. The molecular weight excluding hydrogens is 308 g/mol. The number of ether oxygens (including phenoxy) is 1. The molecule has 1 aromatic rings. The number of para-hydroxylation sites is 1. The fraction of sp³-hybridized carbons (Fsp3) is 0.611. The maximum absolute atomic E-state index is 12.6. The van der Waals surface area contributed by atoms with Gasteiger partial charge in [0.2, 0.25) is 0 Å². The van der Waals surface area contributed by atoms with Crippen molar-refractivity contribution in [3.8, 4) is 0 Å². The molecule has 1 saturated carbocycles. The van der Waals surface area contributed by atoms with Gasteiger partial charge in [-0.05, 0) is 38.0 Å². The quantitative estimate of drug-likeness (QED) is 0.804. The van der Waals surface area contributed by atoms with Crippen LogP contribution in [0.4, 0.5) is 10.5 Å². The molecule has 23 heavy (non-hydrogen) atoms. The maximum atomic E-state index is 12.6.